The molecule has 0 aliphatic carbocycles. The molecule has 11 nitrogen and oxygen atoms in total. The maximum absolute atomic E-state index is 12.2. The number of ether oxygens (including phenoxy) is 1. The number of urea groups is 1. The number of anilines is 1. The molecule has 0 saturated carbocycles. The van der Waals surface area contributed by atoms with E-state index in [2.05, 4.69) is 16.0 Å². The first kappa shape index (κ1) is 22.7. The highest BCUT2D eigenvalue weighted by Crippen LogP contribution is 2.13. The van der Waals surface area contributed by atoms with Gasteiger partial charge in [0.25, 0.3) is 0 Å². The van der Waals surface area contributed by atoms with Gasteiger partial charge in [-0.1, -0.05) is 12.1 Å². The predicted octanol–water partition coefficient (Wildman–Crippen LogP) is 0.744. The molecule has 5 amide bonds. The molecule has 1 fully saturated rings. The van der Waals surface area contributed by atoms with Gasteiger partial charge in [-0.05, 0) is 38.5 Å². The lowest BCUT2D eigenvalue weighted by atomic mass is 10.1. The lowest BCUT2D eigenvalue weighted by molar-refractivity contribution is -0.139. The second-order valence-electron chi connectivity index (χ2n) is 7.71. The molecule has 0 bridgehead atoms. The first-order chi connectivity index (χ1) is 13.9. The Balaban J connectivity index is 1.96. The molecule has 162 valence electrons. The number of amides is 5. The van der Waals surface area contributed by atoms with Gasteiger partial charge in [0, 0.05) is 12.1 Å². The van der Waals surface area contributed by atoms with Gasteiger partial charge in [-0.15, -0.1) is 0 Å². The highest BCUT2D eigenvalue weighted by Gasteiger charge is 2.29. The third kappa shape index (κ3) is 7.08. The fourth-order valence-electron chi connectivity index (χ4n) is 2.61. The molecule has 1 heterocycles. The summed E-state index contributed by atoms with van der Waals surface area (Å²) in [7, 11) is 0. The van der Waals surface area contributed by atoms with Crippen molar-refractivity contribution >= 4 is 35.6 Å². The standard InChI is InChI=1S/C19H24N4O7/c1-19(2,3)30-18(29)22-13(16(26)27)8-10-4-6-11(7-5-10)20-15(25)12-9-14(24)23-17(28)21-12/h4-7,12-13H,8-9H2,1-3H3,(H,20,25)(H,22,29)(H,26,27)(H2,21,23,24,28)/t12-,13+/m0/s1. The highest BCUT2D eigenvalue weighted by atomic mass is 16.6. The van der Waals surface area contributed by atoms with E-state index >= 15 is 0 Å². The van der Waals surface area contributed by atoms with Crippen molar-refractivity contribution in [2.75, 3.05) is 5.32 Å². The first-order valence-electron chi connectivity index (χ1n) is 9.15. The summed E-state index contributed by atoms with van der Waals surface area (Å²) in [5.74, 6) is -2.32. The van der Waals surface area contributed by atoms with Gasteiger partial charge in [0.2, 0.25) is 11.8 Å². The third-order valence-electron chi connectivity index (χ3n) is 3.91. The molecular weight excluding hydrogens is 396 g/mol. The highest BCUT2D eigenvalue weighted by molar-refractivity contribution is 6.05. The predicted molar refractivity (Wildman–Crippen MR) is 105 cm³/mol. The third-order valence-corrected chi connectivity index (χ3v) is 3.91. The average molecular weight is 420 g/mol. The monoisotopic (exact) mass is 420 g/mol. The molecule has 11 heteroatoms. The van der Waals surface area contributed by atoms with Crippen LogP contribution in [-0.2, 0) is 25.5 Å². The molecule has 1 aliphatic rings. The zero-order chi connectivity index (χ0) is 22.5. The Morgan fingerprint density at radius 1 is 1.20 bits per heavy atom. The summed E-state index contributed by atoms with van der Waals surface area (Å²) < 4.78 is 5.07. The van der Waals surface area contributed by atoms with Gasteiger partial charge >= 0.3 is 18.1 Å². The van der Waals surface area contributed by atoms with Crippen LogP contribution in [-0.4, -0.2) is 52.7 Å². The van der Waals surface area contributed by atoms with Crippen LogP contribution >= 0.6 is 0 Å². The van der Waals surface area contributed by atoms with Crippen LogP contribution < -0.4 is 21.3 Å². The van der Waals surface area contributed by atoms with Gasteiger partial charge in [0.15, 0.2) is 0 Å². The molecule has 2 atom stereocenters. The number of aliphatic carboxylic acids is 1. The van der Waals surface area contributed by atoms with Crippen LogP contribution in [0.5, 0.6) is 0 Å². The van der Waals surface area contributed by atoms with Gasteiger partial charge < -0.3 is 25.8 Å². The van der Waals surface area contributed by atoms with Crippen molar-refractivity contribution in [1.29, 1.82) is 0 Å². The fourth-order valence-corrected chi connectivity index (χ4v) is 2.61. The van der Waals surface area contributed by atoms with Crippen molar-refractivity contribution in [2.24, 2.45) is 0 Å². The molecule has 0 spiro atoms. The molecule has 1 saturated heterocycles. The van der Waals surface area contributed by atoms with E-state index in [1.807, 2.05) is 5.32 Å². The van der Waals surface area contributed by atoms with Gasteiger partial charge in [0.1, 0.15) is 17.7 Å². The Kier molecular flexibility index (Phi) is 6.98. The van der Waals surface area contributed by atoms with Crippen LogP contribution in [0, 0.1) is 0 Å². The van der Waals surface area contributed by atoms with Gasteiger partial charge in [-0.3, -0.25) is 14.9 Å². The number of carboxylic acid groups (broad SMARTS) is 1. The zero-order valence-corrected chi connectivity index (χ0v) is 16.8. The van der Waals surface area contributed by atoms with E-state index in [1.54, 1.807) is 45.0 Å². The number of carboxylic acids is 1. The lowest BCUT2D eigenvalue weighted by Crippen LogP contribution is -2.56. The molecule has 1 aromatic rings. The second kappa shape index (κ2) is 9.25. The van der Waals surface area contributed by atoms with Crippen molar-refractivity contribution in [3.05, 3.63) is 29.8 Å². The molecular formula is C19H24N4O7. The summed E-state index contributed by atoms with van der Waals surface area (Å²) in [6, 6.07) is 3.35. The number of imide groups is 1. The molecule has 0 aromatic heterocycles. The average Bonchev–Trinajstić information content (AvgIpc) is 2.60. The van der Waals surface area contributed by atoms with Crippen LogP contribution in [0.25, 0.3) is 0 Å². The lowest BCUT2D eigenvalue weighted by Gasteiger charge is -2.22. The fraction of sp³-hybridized carbons (Fsp3) is 0.421. The number of hydrogen-bond acceptors (Lipinski definition) is 6. The maximum Gasteiger partial charge on any atom is 0.408 e. The first-order valence-corrected chi connectivity index (χ1v) is 9.15. The Bertz CT molecular complexity index is 829. The molecule has 1 aromatic carbocycles. The van der Waals surface area contributed by atoms with Gasteiger partial charge in [0.05, 0.1) is 6.42 Å². The Hall–Kier alpha value is -3.63. The SMILES string of the molecule is CC(C)(C)OC(=O)N[C@H](Cc1ccc(NC(=O)[C@@H]2CC(=O)NC(=O)N2)cc1)C(=O)O. The summed E-state index contributed by atoms with van der Waals surface area (Å²) >= 11 is 0. The second-order valence-corrected chi connectivity index (χ2v) is 7.71. The number of benzene rings is 1. The molecule has 0 radical (unpaired) electrons. The summed E-state index contributed by atoms with van der Waals surface area (Å²) in [4.78, 5) is 58.1. The van der Waals surface area contributed by atoms with Crippen molar-refractivity contribution in [1.82, 2.24) is 16.0 Å². The summed E-state index contributed by atoms with van der Waals surface area (Å²) in [5, 5.41) is 18.6. The van der Waals surface area contributed by atoms with Crippen LogP contribution in [0.2, 0.25) is 0 Å². The topological polar surface area (TPSA) is 163 Å². The summed E-state index contributed by atoms with van der Waals surface area (Å²) in [5.41, 5.74) is 0.239. The van der Waals surface area contributed by atoms with Crippen molar-refractivity contribution in [3.63, 3.8) is 0 Å². The summed E-state index contributed by atoms with van der Waals surface area (Å²) in [6.07, 6.45) is -1.01. The number of alkyl carbamates (subject to hydrolysis) is 1. The van der Waals surface area contributed by atoms with E-state index in [9.17, 15) is 29.1 Å². The van der Waals surface area contributed by atoms with Crippen LogP contribution in [0.3, 0.4) is 0 Å². The van der Waals surface area contributed by atoms with Crippen molar-refractivity contribution in [3.8, 4) is 0 Å². The van der Waals surface area contributed by atoms with E-state index in [-0.39, 0.29) is 12.8 Å². The van der Waals surface area contributed by atoms with E-state index in [0.717, 1.165) is 0 Å². The van der Waals surface area contributed by atoms with E-state index in [4.69, 9.17) is 4.74 Å². The van der Waals surface area contributed by atoms with Crippen LogP contribution in [0.1, 0.15) is 32.8 Å². The van der Waals surface area contributed by atoms with Gasteiger partial charge in [-0.2, -0.15) is 0 Å². The molecule has 2 rings (SSSR count). The summed E-state index contributed by atoms with van der Waals surface area (Å²) in [6.45, 7) is 5.00. The minimum Gasteiger partial charge on any atom is -0.480 e. The van der Waals surface area contributed by atoms with E-state index < -0.39 is 47.6 Å². The van der Waals surface area contributed by atoms with Crippen LogP contribution in [0.15, 0.2) is 24.3 Å². The normalized spacial score (nSPS) is 17.2. The maximum atomic E-state index is 12.2. The zero-order valence-electron chi connectivity index (χ0n) is 16.8. The number of nitrogens with one attached hydrogen (secondary N) is 4. The smallest absolute Gasteiger partial charge is 0.408 e. The molecule has 1 aliphatic heterocycles. The Morgan fingerprint density at radius 2 is 1.83 bits per heavy atom. The van der Waals surface area contributed by atoms with Crippen molar-refractivity contribution < 1.29 is 33.8 Å². The minimum atomic E-state index is -1.22. The van der Waals surface area contributed by atoms with Crippen LogP contribution in [0.4, 0.5) is 15.3 Å². The largest absolute Gasteiger partial charge is 0.480 e. The molecule has 30 heavy (non-hydrogen) atoms. The van der Waals surface area contributed by atoms with Gasteiger partial charge in [-0.25, -0.2) is 14.4 Å². The van der Waals surface area contributed by atoms with E-state index in [1.165, 1.54) is 0 Å². The molecule has 5 N–H and O–H groups in total. The number of carbonyl (C=O) groups excluding carboxylic acids is 4. The number of rotatable bonds is 6. The Morgan fingerprint density at radius 3 is 2.37 bits per heavy atom. The quantitative estimate of drug-likeness (QED) is 0.453. The van der Waals surface area contributed by atoms with Crippen molar-refractivity contribution in [2.45, 2.75) is 51.3 Å². The van der Waals surface area contributed by atoms with E-state index in [0.29, 0.717) is 11.3 Å². The number of carbonyl (C=O) groups is 5. The number of hydrogen-bond donors (Lipinski definition) is 5. The minimum absolute atomic E-state index is 0.00164. The Labute approximate surface area is 172 Å². The molecule has 0 unspecified atom stereocenters.